The Morgan fingerprint density at radius 1 is 1.33 bits per heavy atom. The second kappa shape index (κ2) is 6.26. The average Bonchev–Trinajstić information content (AvgIpc) is 2.75. The van der Waals surface area contributed by atoms with Crippen LogP contribution in [0.2, 0.25) is 0 Å². The lowest BCUT2D eigenvalue weighted by Gasteiger charge is -2.10. The molecule has 0 aliphatic carbocycles. The zero-order valence-corrected chi connectivity index (χ0v) is 12.6. The first kappa shape index (κ1) is 15.5. The van der Waals surface area contributed by atoms with Crippen molar-refractivity contribution < 1.29 is 18.0 Å². The van der Waals surface area contributed by atoms with Crippen LogP contribution >= 0.6 is 0 Å². The Balaban J connectivity index is 1.93. The van der Waals surface area contributed by atoms with Crippen LogP contribution in [-0.2, 0) is 14.6 Å². The molecule has 1 aromatic carbocycles. The maximum Gasteiger partial charge on any atom is 0.251 e. The summed E-state index contributed by atoms with van der Waals surface area (Å²) in [7, 11) is -2.93. The van der Waals surface area contributed by atoms with Gasteiger partial charge in [-0.25, -0.2) is 8.42 Å². The molecule has 0 radical (unpaired) electrons. The minimum absolute atomic E-state index is 0.0162. The average molecular weight is 310 g/mol. The molecule has 1 atom stereocenters. The van der Waals surface area contributed by atoms with Crippen molar-refractivity contribution in [2.45, 2.75) is 13.3 Å². The summed E-state index contributed by atoms with van der Waals surface area (Å²) < 4.78 is 22.7. The fraction of sp³-hybridized carbons (Fsp3) is 0.429. The smallest absolute Gasteiger partial charge is 0.251 e. The number of hydrogen-bond donors (Lipinski definition) is 2. The van der Waals surface area contributed by atoms with Crippen molar-refractivity contribution >= 4 is 27.3 Å². The number of benzene rings is 1. The summed E-state index contributed by atoms with van der Waals surface area (Å²) in [6, 6.07) is 6.61. The second-order valence-corrected chi connectivity index (χ2v) is 7.47. The molecule has 114 valence electrons. The first-order chi connectivity index (χ1) is 9.85. The molecule has 2 rings (SSSR count). The van der Waals surface area contributed by atoms with Gasteiger partial charge in [-0.2, -0.15) is 0 Å². The van der Waals surface area contributed by atoms with Crippen LogP contribution in [0.4, 0.5) is 5.69 Å². The number of amides is 2. The van der Waals surface area contributed by atoms with Gasteiger partial charge in [-0.05, 0) is 30.5 Å². The normalized spacial score (nSPS) is 20.0. The molecule has 1 aromatic rings. The largest absolute Gasteiger partial charge is 0.352 e. The van der Waals surface area contributed by atoms with Crippen molar-refractivity contribution in [3.05, 3.63) is 29.8 Å². The summed E-state index contributed by atoms with van der Waals surface area (Å²) in [5, 5.41) is 5.35. The van der Waals surface area contributed by atoms with E-state index in [0.29, 0.717) is 24.2 Å². The summed E-state index contributed by atoms with van der Waals surface area (Å²) in [5.41, 5.74) is 0.987. The number of hydrogen-bond acceptors (Lipinski definition) is 4. The van der Waals surface area contributed by atoms with E-state index in [1.54, 1.807) is 24.3 Å². The molecule has 0 spiro atoms. The minimum atomic E-state index is -2.93. The van der Waals surface area contributed by atoms with Gasteiger partial charge in [0.1, 0.15) is 0 Å². The lowest BCUT2D eigenvalue weighted by molar-refractivity contribution is -0.114. The monoisotopic (exact) mass is 310 g/mol. The van der Waals surface area contributed by atoms with E-state index in [4.69, 9.17) is 0 Å². The maximum atomic E-state index is 12.0. The Kier molecular flexibility index (Phi) is 4.62. The molecule has 0 bridgehead atoms. The molecule has 1 unspecified atom stereocenters. The van der Waals surface area contributed by atoms with Crippen LogP contribution in [0, 0.1) is 5.92 Å². The maximum absolute atomic E-state index is 12.0. The molecule has 1 fully saturated rings. The van der Waals surface area contributed by atoms with E-state index in [1.165, 1.54) is 6.92 Å². The van der Waals surface area contributed by atoms with Crippen molar-refractivity contribution in [3.8, 4) is 0 Å². The summed E-state index contributed by atoms with van der Waals surface area (Å²) in [6.07, 6.45) is 0.592. The topological polar surface area (TPSA) is 92.3 Å². The van der Waals surface area contributed by atoms with E-state index in [-0.39, 0.29) is 29.2 Å². The molecule has 6 nitrogen and oxygen atoms in total. The Labute approximate surface area is 123 Å². The first-order valence-corrected chi connectivity index (χ1v) is 8.54. The van der Waals surface area contributed by atoms with Crippen molar-refractivity contribution in [2.24, 2.45) is 5.92 Å². The molecular formula is C14H18N2O4S. The molecule has 1 heterocycles. The van der Waals surface area contributed by atoms with E-state index in [0.717, 1.165) is 0 Å². The number of sulfone groups is 1. The van der Waals surface area contributed by atoms with E-state index in [1.807, 2.05) is 0 Å². The predicted octanol–water partition coefficient (Wildman–Crippen LogP) is 0.809. The van der Waals surface area contributed by atoms with Crippen LogP contribution in [0.3, 0.4) is 0 Å². The number of anilines is 1. The van der Waals surface area contributed by atoms with Gasteiger partial charge < -0.3 is 10.6 Å². The number of carbonyl (C=O) groups is 2. The molecule has 1 aliphatic rings. The van der Waals surface area contributed by atoms with Gasteiger partial charge in [0.25, 0.3) is 5.91 Å². The van der Waals surface area contributed by atoms with E-state index in [9.17, 15) is 18.0 Å². The summed E-state index contributed by atoms with van der Waals surface area (Å²) in [4.78, 5) is 23.0. The molecule has 2 N–H and O–H groups in total. The Hall–Kier alpha value is -1.89. The van der Waals surface area contributed by atoms with Gasteiger partial charge in [-0.15, -0.1) is 0 Å². The fourth-order valence-electron chi connectivity index (χ4n) is 2.31. The molecular weight excluding hydrogens is 292 g/mol. The lowest BCUT2D eigenvalue weighted by Crippen LogP contribution is -2.29. The standard InChI is InChI=1S/C14H18N2O4S/c1-10(17)16-13-4-2-3-12(7-13)14(18)15-8-11-5-6-21(19,20)9-11/h2-4,7,11H,5-6,8-9H2,1H3,(H,15,18)(H,16,17). The Bertz CT molecular complexity index is 655. The first-order valence-electron chi connectivity index (χ1n) is 6.72. The van der Waals surface area contributed by atoms with E-state index >= 15 is 0 Å². The van der Waals surface area contributed by atoms with Crippen LogP contribution in [-0.4, -0.2) is 38.3 Å². The van der Waals surface area contributed by atoms with Crippen molar-refractivity contribution in [1.29, 1.82) is 0 Å². The van der Waals surface area contributed by atoms with Gasteiger partial charge in [0.15, 0.2) is 9.84 Å². The van der Waals surface area contributed by atoms with Crippen molar-refractivity contribution in [1.82, 2.24) is 5.32 Å². The number of nitrogens with one attached hydrogen (secondary N) is 2. The van der Waals surface area contributed by atoms with E-state index in [2.05, 4.69) is 10.6 Å². The van der Waals surface area contributed by atoms with Gasteiger partial charge in [-0.1, -0.05) is 6.07 Å². The highest BCUT2D eigenvalue weighted by atomic mass is 32.2. The van der Waals surface area contributed by atoms with Gasteiger partial charge in [-0.3, -0.25) is 9.59 Å². The highest BCUT2D eigenvalue weighted by molar-refractivity contribution is 7.91. The van der Waals surface area contributed by atoms with Crippen LogP contribution in [0.1, 0.15) is 23.7 Å². The highest BCUT2D eigenvalue weighted by Gasteiger charge is 2.27. The number of carbonyl (C=O) groups excluding carboxylic acids is 2. The van der Waals surface area contributed by atoms with E-state index < -0.39 is 9.84 Å². The Morgan fingerprint density at radius 3 is 2.71 bits per heavy atom. The predicted molar refractivity (Wildman–Crippen MR) is 79.8 cm³/mol. The van der Waals surface area contributed by atoms with Gasteiger partial charge in [0.05, 0.1) is 11.5 Å². The minimum Gasteiger partial charge on any atom is -0.352 e. The zero-order chi connectivity index (χ0) is 15.5. The SMILES string of the molecule is CC(=O)Nc1cccc(C(=O)NCC2CCS(=O)(=O)C2)c1. The number of rotatable bonds is 4. The quantitative estimate of drug-likeness (QED) is 0.861. The molecule has 1 aliphatic heterocycles. The summed E-state index contributed by atoms with van der Waals surface area (Å²) >= 11 is 0. The molecule has 2 amide bonds. The molecule has 21 heavy (non-hydrogen) atoms. The van der Waals surface area contributed by atoms with Crippen LogP contribution in [0.5, 0.6) is 0 Å². The fourth-order valence-corrected chi connectivity index (χ4v) is 4.18. The third-order valence-corrected chi connectivity index (χ3v) is 5.16. The van der Waals surface area contributed by atoms with Crippen LogP contribution in [0.25, 0.3) is 0 Å². The third kappa shape index (κ3) is 4.56. The molecule has 7 heteroatoms. The zero-order valence-electron chi connectivity index (χ0n) is 11.8. The van der Waals surface area contributed by atoms with Gasteiger partial charge in [0, 0.05) is 24.7 Å². The summed E-state index contributed by atoms with van der Waals surface area (Å²) in [6.45, 7) is 1.75. The Morgan fingerprint density at radius 2 is 2.10 bits per heavy atom. The summed E-state index contributed by atoms with van der Waals surface area (Å²) in [5.74, 6) is -0.155. The second-order valence-electron chi connectivity index (χ2n) is 5.24. The molecule has 0 aromatic heterocycles. The molecule has 1 saturated heterocycles. The van der Waals surface area contributed by atoms with Gasteiger partial charge in [0.2, 0.25) is 5.91 Å². The van der Waals surface area contributed by atoms with Crippen molar-refractivity contribution in [3.63, 3.8) is 0 Å². The highest BCUT2D eigenvalue weighted by Crippen LogP contribution is 2.17. The molecule has 0 saturated carbocycles. The van der Waals surface area contributed by atoms with Crippen molar-refractivity contribution in [2.75, 3.05) is 23.4 Å². The van der Waals surface area contributed by atoms with Crippen LogP contribution in [0.15, 0.2) is 24.3 Å². The van der Waals surface area contributed by atoms with Gasteiger partial charge >= 0.3 is 0 Å². The van der Waals surface area contributed by atoms with Crippen LogP contribution < -0.4 is 10.6 Å². The lowest BCUT2D eigenvalue weighted by atomic mass is 10.1. The third-order valence-electron chi connectivity index (χ3n) is 3.32.